The maximum absolute atomic E-state index is 11.5. The third-order valence-corrected chi connectivity index (χ3v) is 3.23. The molecule has 2 rings (SSSR count). The Balaban J connectivity index is 1.76. The van der Waals surface area contributed by atoms with Crippen molar-refractivity contribution in [3.05, 3.63) is 34.4 Å². The molecule has 2 N–H and O–H groups in total. The Labute approximate surface area is 116 Å². The van der Waals surface area contributed by atoms with E-state index in [1.54, 1.807) is 6.07 Å². The zero-order valence-electron chi connectivity index (χ0n) is 11.0. The van der Waals surface area contributed by atoms with Gasteiger partial charge in [0.15, 0.2) is 0 Å². The smallest absolute Gasteiger partial charge is 0.411 e. The summed E-state index contributed by atoms with van der Waals surface area (Å²) in [5, 5.41) is 16.3. The Morgan fingerprint density at radius 1 is 1.55 bits per heavy atom. The number of nitro groups is 1. The quantitative estimate of drug-likeness (QED) is 0.636. The van der Waals surface area contributed by atoms with Crippen molar-refractivity contribution in [2.24, 2.45) is 5.92 Å². The molecule has 0 aromatic heterocycles. The zero-order valence-corrected chi connectivity index (χ0v) is 11.0. The average molecular weight is 279 g/mol. The zero-order chi connectivity index (χ0) is 14.4. The lowest BCUT2D eigenvalue weighted by Crippen LogP contribution is -2.17. The molecule has 0 bridgehead atoms. The summed E-state index contributed by atoms with van der Waals surface area (Å²) in [6.45, 7) is 2.34. The first kappa shape index (κ1) is 14.3. The molecule has 1 aromatic rings. The lowest BCUT2D eigenvalue weighted by atomic mass is 10.1. The second kappa shape index (κ2) is 6.85. The van der Waals surface area contributed by atoms with Crippen LogP contribution in [0, 0.1) is 16.0 Å². The maximum atomic E-state index is 11.5. The largest absolute Gasteiger partial charge is 0.449 e. The van der Waals surface area contributed by atoms with Crippen LogP contribution in [-0.2, 0) is 4.74 Å². The van der Waals surface area contributed by atoms with Crippen LogP contribution in [0.3, 0.4) is 0 Å². The topological polar surface area (TPSA) is 93.5 Å². The van der Waals surface area contributed by atoms with Gasteiger partial charge in [0.1, 0.15) is 0 Å². The fourth-order valence-corrected chi connectivity index (χ4v) is 2.13. The standard InChI is InChI=1S/C13H17N3O4/c17-13(20-7-5-10-4-6-14-9-10)15-11-2-1-3-12(8-11)16(18)19/h1-3,8,10,14H,4-7,9H2,(H,15,17). The highest BCUT2D eigenvalue weighted by Crippen LogP contribution is 2.17. The highest BCUT2D eigenvalue weighted by atomic mass is 16.6. The monoisotopic (exact) mass is 279 g/mol. The number of carbonyl (C=O) groups excluding carboxylic acids is 1. The van der Waals surface area contributed by atoms with Crippen LogP contribution in [0.15, 0.2) is 24.3 Å². The van der Waals surface area contributed by atoms with Gasteiger partial charge in [-0.3, -0.25) is 15.4 Å². The molecule has 0 aliphatic carbocycles. The summed E-state index contributed by atoms with van der Waals surface area (Å²) in [7, 11) is 0. The highest BCUT2D eigenvalue weighted by Gasteiger charge is 2.15. The second-order valence-corrected chi connectivity index (χ2v) is 4.72. The number of nitrogens with one attached hydrogen (secondary N) is 2. The van der Waals surface area contributed by atoms with Crippen LogP contribution in [0.25, 0.3) is 0 Å². The fraction of sp³-hybridized carbons (Fsp3) is 0.462. The van der Waals surface area contributed by atoms with E-state index in [4.69, 9.17) is 4.74 Å². The van der Waals surface area contributed by atoms with Gasteiger partial charge in [-0.05, 0) is 37.9 Å². The van der Waals surface area contributed by atoms with E-state index in [9.17, 15) is 14.9 Å². The molecule has 0 spiro atoms. The van der Waals surface area contributed by atoms with Gasteiger partial charge in [-0.2, -0.15) is 0 Å². The normalized spacial score (nSPS) is 17.7. The van der Waals surface area contributed by atoms with Gasteiger partial charge in [-0.25, -0.2) is 4.79 Å². The molecule has 0 radical (unpaired) electrons. The minimum atomic E-state index is -0.587. The van der Waals surface area contributed by atoms with E-state index in [0.717, 1.165) is 25.9 Å². The molecule has 1 aliphatic rings. The van der Waals surface area contributed by atoms with E-state index >= 15 is 0 Å². The predicted molar refractivity (Wildman–Crippen MR) is 73.7 cm³/mol. The Kier molecular flexibility index (Phi) is 4.89. The van der Waals surface area contributed by atoms with Gasteiger partial charge in [-0.15, -0.1) is 0 Å². The van der Waals surface area contributed by atoms with Crippen molar-refractivity contribution in [1.82, 2.24) is 5.32 Å². The molecule has 1 saturated heterocycles. The number of carbonyl (C=O) groups is 1. The number of non-ortho nitro benzene ring substituents is 1. The molecule has 20 heavy (non-hydrogen) atoms. The number of anilines is 1. The molecule has 1 amide bonds. The first-order valence-corrected chi connectivity index (χ1v) is 6.54. The van der Waals surface area contributed by atoms with Crippen LogP contribution in [0.2, 0.25) is 0 Å². The van der Waals surface area contributed by atoms with Crippen LogP contribution in [0.5, 0.6) is 0 Å². The Morgan fingerprint density at radius 3 is 3.10 bits per heavy atom. The van der Waals surface area contributed by atoms with E-state index in [0.29, 0.717) is 18.2 Å². The van der Waals surface area contributed by atoms with Crippen molar-refractivity contribution in [2.45, 2.75) is 12.8 Å². The van der Waals surface area contributed by atoms with Gasteiger partial charge in [0, 0.05) is 12.1 Å². The number of nitro benzene ring substituents is 1. The fourth-order valence-electron chi connectivity index (χ4n) is 2.13. The lowest BCUT2D eigenvalue weighted by molar-refractivity contribution is -0.384. The number of rotatable bonds is 5. The molecule has 1 atom stereocenters. The van der Waals surface area contributed by atoms with E-state index in [1.165, 1.54) is 18.2 Å². The third kappa shape index (κ3) is 4.20. The summed E-state index contributed by atoms with van der Waals surface area (Å²) in [4.78, 5) is 21.7. The van der Waals surface area contributed by atoms with Crippen LogP contribution in [0.1, 0.15) is 12.8 Å². The molecule has 7 heteroatoms. The number of ether oxygens (including phenoxy) is 1. The number of hydrogen-bond acceptors (Lipinski definition) is 5. The molecule has 1 aromatic carbocycles. The second-order valence-electron chi connectivity index (χ2n) is 4.72. The van der Waals surface area contributed by atoms with Gasteiger partial charge >= 0.3 is 6.09 Å². The van der Waals surface area contributed by atoms with Crippen molar-refractivity contribution >= 4 is 17.5 Å². The summed E-state index contributed by atoms with van der Waals surface area (Å²) < 4.78 is 5.06. The first-order valence-electron chi connectivity index (χ1n) is 6.54. The predicted octanol–water partition coefficient (Wildman–Crippen LogP) is 2.14. The summed E-state index contributed by atoms with van der Waals surface area (Å²) >= 11 is 0. The third-order valence-electron chi connectivity index (χ3n) is 3.23. The average Bonchev–Trinajstić information content (AvgIpc) is 2.92. The SMILES string of the molecule is O=C(Nc1cccc([N+](=O)[O-])c1)OCCC1CCNC1. The summed E-state index contributed by atoms with van der Waals surface area (Å²) in [6.07, 6.45) is 1.35. The minimum absolute atomic E-state index is 0.0696. The number of hydrogen-bond donors (Lipinski definition) is 2. The molecule has 0 saturated carbocycles. The first-order chi connectivity index (χ1) is 9.65. The van der Waals surface area contributed by atoms with Crippen molar-refractivity contribution in [1.29, 1.82) is 0 Å². The van der Waals surface area contributed by atoms with Crippen LogP contribution < -0.4 is 10.6 Å². The van der Waals surface area contributed by atoms with Gasteiger partial charge in [0.25, 0.3) is 5.69 Å². The van der Waals surface area contributed by atoms with Crippen LogP contribution in [-0.4, -0.2) is 30.7 Å². The molecular formula is C13H17N3O4. The van der Waals surface area contributed by atoms with Crippen molar-refractivity contribution in [2.75, 3.05) is 25.0 Å². The highest BCUT2D eigenvalue weighted by molar-refractivity contribution is 5.85. The molecule has 1 unspecified atom stereocenters. The minimum Gasteiger partial charge on any atom is -0.449 e. The molecule has 1 aliphatic heterocycles. The molecular weight excluding hydrogens is 262 g/mol. The molecule has 108 valence electrons. The Hall–Kier alpha value is -2.15. The van der Waals surface area contributed by atoms with Crippen LogP contribution in [0.4, 0.5) is 16.2 Å². The Morgan fingerprint density at radius 2 is 2.40 bits per heavy atom. The van der Waals surface area contributed by atoms with Crippen molar-refractivity contribution in [3.63, 3.8) is 0 Å². The number of nitrogens with zero attached hydrogens (tertiary/aromatic N) is 1. The van der Waals surface area contributed by atoms with Crippen molar-refractivity contribution in [3.8, 4) is 0 Å². The summed E-state index contributed by atoms with van der Waals surface area (Å²) in [5.74, 6) is 0.556. The van der Waals surface area contributed by atoms with Gasteiger partial charge in [-0.1, -0.05) is 6.07 Å². The summed E-state index contributed by atoms with van der Waals surface area (Å²) in [6, 6.07) is 5.75. The van der Waals surface area contributed by atoms with Crippen LogP contribution >= 0.6 is 0 Å². The van der Waals surface area contributed by atoms with Gasteiger partial charge in [0.2, 0.25) is 0 Å². The number of benzene rings is 1. The molecule has 1 heterocycles. The van der Waals surface area contributed by atoms with Gasteiger partial charge in [0.05, 0.1) is 17.2 Å². The van der Waals surface area contributed by atoms with E-state index in [2.05, 4.69) is 10.6 Å². The lowest BCUT2D eigenvalue weighted by Gasteiger charge is -2.09. The Bertz CT molecular complexity index is 486. The van der Waals surface area contributed by atoms with Crippen molar-refractivity contribution < 1.29 is 14.5 Å². The summed E-state index contributed by atoms with van der Waals surface area (Å²) in [5.41, 5.74) is 0.284. The maximum Gasteiger partial charge on any atom is 0.411 e. The van der Waals surface area contributed by atoms with Gasteiger partial charge < -0.3 is 10.1 Å². The molecule has 1 fully saturated rings. The number of amides is 1. The molecule has 7 nitrogen and oxygen atoms in total. The van der Waals surface area contributed by atoms with E-state index in [-0.39, 0.29) is 5.69 Å². The van der Waals surface area contributed by atoms with E-state index in [1.807, 2.05) is 0 Å². The van der Waals surface area contributed by atoms with E-state index < -0.39 is 11.0 Å².